The molecule has 3 aliphatic rings. The van der Waals surface area contributed by atoms with Crippen LogP contribution in [0.1, 0.15) is 45.5 Å². The molecular weight excluding hydrogens is 587 g/mol. The second-order valence-electron chi connectivity index (χ2n) is 10.8. The third-order valence-electron chi connectivity index (χ3n) is 7.77. The van der Waals surface area contributed by atoms with Gasteiger partial charge in [-0.2, -0.15) is 0 Å². The number of amides is 1. The Labute approximate surface area is 258 Å². The fourth-order valence-corrected chi connectivity index (χ4v) is 5.88. The quantitative estimate of drug-likeness (QED) is 0.382. The van der Waals surface area contributed by atoms with Gasteiger partial charge in [-0.05, 0) is 61.8 Å². The van der Waals surface area contributed by atoms with Crippen LogP contribution in [0.5, 0.6) is 0 Å². The Hall–Kier alpha value is -4.32. The molecule has 1 aromatic carbocycles. The Morgan fingerprint density at radius 3 is 2.41 bits per heavy atom. The highest BCUT2D eigenvalue weighted by Crippen LogP contribution is 2.18. The molecule has 6 rings (SSSR count). The molecule has 1 amide bonds. The molecule has 0 radical (unpaired) electrons. The normalized spacial score (nSPS) is 16.6. The molecule has 0 unspecified atom stereocenters. The van der Waals surface area contributed by atoms with Gasteiger partial charge in [-0.15, -0.1) is 0 Å². The number of rotatable bonds is 6. The lowest BCUT2D eigenvalue weighted by atomic mass is 10.1. The summed E-state index contributed by atoms with van der Waals surface area (Å²) >= 11 is 6.32. The molecule has 1 aliphatic carbocycles. The first-order chi connectivity index (χ1) is 21.2. The van der Waals surface area contributed by atoms with E-state index in [4.69, 9.17) is 17.3 Å². The Morgan fingerprint density at radius 2 is 1.75 bits per heavy atom. The molecule has 2 saturated heterocycles. The van der Waals surface area contributed by atoms with Gasteiger partial charge < -0.3 is 25.6 Å². The minimum atomic E-state index is -1.33. The molecule has 4 heterocycles. The van der Waals surface area contributed by atoms with Crippen LogP contribution in [-0.4, -0.2) is 70.7 Å². The maximum atomic E-state index is 13.9. The Morgan fingerprint density at radius 1 is 1.05 bits per heavy atom. The summed E-state index contributed by atoms with van der Waals surface area (Å²) in [6, 6.07) is 11.1. The zero-order chi connectivity index (χ0) is 31.2. The number of primary amides is 1. The SMILES string of the molecule is NC(=O)c1cccnc1N1CCNCC1.O=C(O)c1cn(-c2ccc(CN3CCCC3)cc2)c2c(c1=O)=CCC(F)=CC=2Cl. The molecule has 2 fully saturated rings. The number of carbonyl (C=O) groups is 2. The summed E-state index contributed by atoms with van der Waals surface area (Å²) in [6.45, 7) is 6.58. The van der Waals surface area contributed by atoms with Crippen molar-refractivity contribution in [2.45, 2.75) is 25.8 Å². The number of aromatic nitrogens is 2. The van der Waals surface area contributed by atoms with Gasteiger partial charge in [0, 0.05) is 62.4 Å². The van der Waals surface area contributed by atoms with Crippen molar-refractivity contribution in [2.75, 3.05) is 44.2 Å². The zero-order valence-electron chi connectivity index (χ0n) is 24.1. The average Bonchev–Trinajstić information content (AvgIpc) is 3.48. The molecule has 0 atom stereocenters. The minimum absolute atomic E-state index is 0.0569. The number of piperazine rings is 1. The number of likely N-dealkylation sites (tertiary alicyclic amines) is 1. The van der Waals surface area contributed by atoms with E-state index in [0.717, 1.165) is 51.4 Å². The summed E-state index contributed by atoms with van der Waals surface area (Å²) in [5, 5.41) is 13.2. The van der Waals surface area contributed by atoms with Gasteiger partial charge in [-0.3, -0.25) is 14.5 Å². The number of hydrogen-bond donors (Lipinski definition) is 3. The Bertz CT molecular complexity index is 1760. The first-order valence-electron chi connectivity index (χ1n) is 14.5. The van der Waals surface area contributed by atoms with E-state index in [0.29, 0.717) is 22.4 Å². The van der Waals surface area contributed by atoms with Gasteiger partial charge in [-0.25, -0.2) is 14.2 Å². The highest BCUT2D eigenvalue weighted by atomic mass is 35.5. The molecule has 44 heavy (non-hydrogen) atoms. The highest BCUT2D eigenvalue weighted by molar-refractivity contribution is 6.47. The lowest BCUT2D eigenvalue weighted by Crippen LogP contribution is -2.47. The number of hydrogen-bond acceptors (Lipinski definition) is 7. The summed E-state index contributed by atoms with van der Waals surface area (Å²) in [5.41, 5.74) is 6.54. The number of nitrogens with two attached hydrogens (primary N) is 1. The van der Waals surface area contributed by atoms with Crippen molar-refractivity contribution in [3.05, 3.63) is 98.2 Å². The molecule has 0 saturated carbocycles. The highest BCUT2D eigenvalue weighted by Gasteiger charge is 2.19. The lowest BCUT2D eigenvalue weighted by Gasteiger charge is -2.29. The summed E-state index contributed by atoms with van der Waals surface area (Å²) in [4.78, 5) is 44.1. The average molecular weight is 621 g/mol. The summed E-state index contributed by atoms with van der Waals surface area (Å²) < 4.78 is 15.5. The van der Waals surface area contributed by atoms with Crippen molar-refractivity contribution in [3.63, 3.8) is 0 Å². The third-order valence-corrected chi connectivity index (χ3v) is 8.06. The largest absolute Gasteiger partial charge is 0.477 e. The number of allylic oxidation sites excluding steroid dienone is 2. The standard InChI is InChI=1S/C22H20ClFN2O3.C10H14N4O/c23-19-11-15(24)5-8-17-20(19)26(13-18(21(17)27)22(28)29)16-6-3-14(4-7-16)12-25-9-1-2-10-25;11-9(15)8-2-1-3-13-10(8)14-6-4-12-5-7-14/h3-4,6-8,11,13H,1-2,5,9-10,12H2,(H,28,29);1-3,12H,4-7H2,(H2,11,15). The van der Waals surface area contributed by atoms with Crippen LogP contribution in [0.3, 0.4) is 0 Å². The van der Waals surface area contributed by atoms with Gasteiger partial charge in [0.15, 0.2) is 0 Å². The molecule has 12 heteroatoms. The Balaban J connectivity index is 0.000000215. The second kappa shape index (κ2) is 14.0. The van der Waals surface area contributed by atoms with E-state index in [1.54, 1.807) is 22.9 Å². The number of nitrogens with zero attached hydrogens (tertiary/aromatic N) is 4. The van der Waals surface area contributed by atoms with Gasteiger partial charge in [0.2, 0.25) is 5.43 Å². The van der Waals surface area contributed by atoms with Crippen LogP contribution >= 0.6 is 11.6 Å². The van der Waals surface area contributed by atoms with Crippen LogP contribution in [-0.2, 0) is 6.54 Å². The smallest absolute Gasteiger partial charge is 0.341 e. The predicted molar refractivity (Wildman–Crippen MR) is 168 cm³/mol. The van der Waals surface area contributed by atoms with E-state index < -0.39 is 23.1 Å². The molecule has 2 aromatic heterocycles. The minimum Gasteiger partial charge on any atom is -0.477 e. The summed E-state index contributed by atoms with van der Waals surface area (Å²) in [7, 11) is 0. The van der Waals surface area contributed by atoms with Crippen LogP contribution in [0.4, 0.5) is 10.2 Å². The van der Waals surface area contributed by atoms with Crippen LogP contribution in [0.15, 0.2) is 65.5 Å². The van der Waals surface area contributed by atoms with E-state index in [9.17, 15) is 23.9 Å². The fourth-order valence-electron chi connectivity index (χ4n) is 5.57. The van der Waals surface area contributed by atoms with Crippen molar-refractivity contribution < 1.29 is 19.1 Å². The van der Waals surface area contributed by atoms with E-state index in [1.807, 2.05) is 24.3 Å². The molecule has 10 nitrogen and oxygen atoms in total. The van der Waals surface area contributed by atoms with E-state index >= 15 is 0 Å². The van der Waals surface area contributed by atoms with Gasteiger partial charge in [0.05, 0.1) is 15.9 Å². The van der Waals surface area contributed by atoms with E-state index in [2.05, 4.69) is 20.1 Å². The van der Waals surface area contributed by atoms with E-state index in [1.165, 1.54) is 31.2 Å². The number of nitrogens with one attached hydrogen (secondary N) is 1. The van der Waals surface area contributed by atoms with Crippen LogP contribution < -0.4 is 31.9 Å². The number of anilines is 1. The molecule has 3 aromatic rings. The fraction of sp³-hybridized carbons (Fsp3) is 0.312. The van der Waals surface area contributed by atoms with Gasteiger partial charge in [0.25, 0.3) is 5.91 Å². The predicted octanol–water partition coefficient (Wildman–Crippen LogP) is 2.11. The van der Waals surface area contributed by atoms with Crippen molar-refractivity contribution >= 4 is 40.4 Å². The van der Waals surface area contributed by atoms with Gasteiger partial charge >= 0.3 is 5.97 Å². The third kappa shape index (κ3) is 7.07. The Kier molecular flexibility index (Phi) is 9.89. The van der Waals surface area contributed by atoms with E-state index in [-0.39, 0.29) is 22.2 Å². The first kappa shape index (κ1) is 31.1. The monoisotopic (exact) mass is 620 g/mol. The number of carboxylic acid groups (broad SMARTS) is 1. The van der Waals surface area contributed by atoms with Crippen molar-refractivity contribution in [2.24, 2.45) is 5.73 Å². The van der Waals surface area contributed by atoms with Gasteiger partial charge in [-0.1, -0.05) is 29.8 Å². The lowest BCUT2D eigenvalue weighted by molar-refractivity contribution is 0.0694. The molecule has 2 aliphatic heterocycles. The number of benzene rings is 1. The summed E-state index contributed by atoms with van der Waals surface area (Å²) in [5.74, 6) is -1.54. The number of fused-ring (bicyclic) bond motifs is 1. The zero-order valence-corrected chi connectivity index (χ0v) is 24.9. The van der Waals surface area contributed by atoms with Crippen LogP contribution in [0.25, 0.3) is 16.8 Å². The van der Waals surface area contributed by atoms with Crippen molar-refractivity contribution in [1.29, 1.82) is 0 Å². The topological polar surface area (TPSA) is 134 Å². The second-order valence-corrected chi connectivity index (χ2v) is 11.2. The number of halogens is 2. The first-order valence-corrected chi connectivity index (χ1v) is 14.9. The maximum absolute atomic E-state index is 13.9. The van der Waals surface area contributed by atoms with Crippen molar-refractivity contribution in [3.8, 4) is 5.69 Å². The maximum Gasteiger partial charge on any atom is 0.341 e. The molecule has 4 N–H and O–H groups in total. The summed E-state index contributed by atoms with van der Waals surface area (Å²) in [6.07, 6.45) is 7.82. The molecule has 230 valence electrons. The van der Waals surface area contributed by atoms with Gasteiger partial charge in [0.1, 0.15) is 17.2 Å². The van der Waals surface area contributed by atoms with Crippen molar-refractivity contribution in [1.82, 2.24) is 19.8 Å². The molecule has 0 bridgehead atoms. The number of aromatic carboxylic acids is 1. The number of pyridine rings is 2. The number of carbonyl (C=O) groups excluding carboxylic acids is 1. The van der Waals surface area contributed by atoms with Crippen LogP contribution in [0, 0.1) is 0 Å². The number of carboxylic acids is 1. The molecule has 0 spiro atoms. The molecular formula is C32H34ClFN6O4. The van der Waals surface area contributed by atoms with Crippen LogP contribution in [0.2, 0.25) is 0 Å².